The van der Waals surface area contributed by atoms with E-state index in [1.165, 1.54) is 0 Å². The maximum atomic E-state index is 9.83. The molecule has 0 saturated carbocycles. The van der Waals surface area contributed by atoms with E-state index in [0.29, 0.717) is 11.1 Å². The van der Waals surface area contributed by atoms with Crippen molar-refractivity contribution in [1.29, 1.82) is 10.5 Å². The average Bonchev–Trinajstić information content (AvgIpc) is 3.32. The normalized spacial score (nSPS) is 11.5. The molecule has 0 amide bonds. The van der Waals surface area contributed by atoms with Gasteiger partial charge in [0.15, 0.2) is 0 Å². The zero-order chi connectivity index (χ0) is 23.5. The molecule has 162 valence electrons. The van der Waals surface area contributed by atoms with Crippen LogP contribution in [0.15, 0.2) is 97.5 Å². The first-order valence-corrected chi connectivity index (χ1v) is 10.9. The van der Waals surface area contributed by atoms with Crippen molar-refractivity contribution in [1.82, 2.24) is 9.55 Å². The lowest BCUT2D eigenvalue weighted by atomic mass is 9.94. The summed E-state index contributed by atoms with van der Waals surface area (Å²) >= 11 is 0. The van der Waals surface area contributed by atoms with Crippen molar-refractivity contribution < 1.29 is 0 Å². The molecule has 1 atom stereocenters. The number of fused-ring (bicyclic) bond motifs is 1. The molecule has 5 heteroatoms. The minimum Gasteiger partial charge on any atom is -0.373 e. The van der Waals surface area contributed by atoms with Crippen molar-refractivity contribution >= 4 is 16.5 Å². The van der Waals surface area contributed by atoms with E-state index in [4.69, 9.17) is 0 Å². The third kappa shape index (κ3) is 3.88. The predicted molar refractivity (Wildman–Crippen MR) is 134 cm³/mol. The summed E-state index contributed by atoms with van der Waals surface area (Å²) in [6.07, 6.45) is 3.61. The van der Waals surface area contributed by atoms with Crippen molar-refractivity contribution in [2.75, 3.05) is 5.32 Å². The van der Waals surface area contributed by atoms with Gasteiger partial charge in [0.25, 0.3) is 0 Å². The van der Waals surface area contributed by atoms with Gasteiger partial charge in [-0.2, -0.15) is 10.5 Å². The molecule has 0 aliphatic carbocycles. The van der Waals surface area contributed by atoms with Gasteiger partial charge in [-0.15, -0.1) is 0 Å². The van der Waals surface area contributed by atoms with E-state index in [1.807, 2.05) is 78.5 Å². The molecule has 0 spiro atoms. The maximum absolute atomic E-state index is 9.83. The van der Waals surface area contributed by atoms with Crippen LogP contribution >= 0.6 is 0 Å². The van der Waals surface area contributed by atoms with Gasteiger partial charge in [-0.05, 0) is 52.2 Å². The van der Waals surface area contributed by atoms with Crippen LogP contribution in [-0.2, 0) is 7.05 Å². The summed E-state index contributed by atoms with van der Waals surface area (Å²) in [5.41, 5.74) is 6.03. The Balaban J connectivity index is 1.61. The van der Waals surface area contributed by atoms with Gasteiger partial charge in [0, 0.05) is 18.3 Å². The molecule has 4 aromatic carbocycles. The molecule has 5 aromatic rings. The second kappa shape index (κ2) is 8.94. The van der Waals surface area contributed by atoms with Crippen LogP contribution in [-0.4, -0.2) is 9.55 Å². The van der Waals surface area contributed by atoms with Gasteiger partial charge in [-0.25, -0.2) is 4.98 Å². The molecule has 0 aliphatic heterocycles. The Labute approximate surface area is 198 Å². The third-order valence-electron chi connectivity index (χ3n) is 6.05. The van der Waals surface area contributed by atoms with Gasteiger partial charge in [0.1, 0.15) is 0 Å². The first kappa shape index (κ1) is 21.0. The van der Waals surface area contributed by atoms with E-state index in [0.717, 1.165) is 38.8 Å². The Hall–Kier alpha value is -4.87. The Bertz CT molecular complexity index is 1560. The highest BCUT2D eigenvalue weighted by Crippen LogP contribution is 2.34. The molecule has 1 aromatic heterocycles. The molecule has 34 heavy (non-hydrogen) atoms. The Morgan fingerprint density at radius 1 is 0.853 bits per heavy atom. The average molecular weight is 440 g/mol. The van der Waals surface area contributed by atoms with Crippen molar-refractivity contribution in [3.63, 3.8) is 0 Å². The molecule has 1 heterocycles. The molecule has 0 saturated heterocycles. The summed E-state index contributed by atoms with van der Waals surface area (Å²) in [6, 6.07) is 32.1. The Kier molecular flexibility index (Phi) is 5.52. The van der Waals surface area contributed by atoms with Crippen LogP contribution in [0.3, 0.4) is 0 Å². The standard InChI is InChI=1S/C29H21N5/c1-34-19-32-18-28(34)29(22-11-9-20(16-30)10-12-22)33-24-14-13-23(17-31)27(15-24)26-8-4-6-21-5-2-3-7-25(21)26/h2-15,18-19,29,33H,1H3. The minimum absolute atomic E-state index is 0.187. The van der Waals surface area contributed by atoms with Gasteiger partial charge >= 0.3 is 0 Å². The number of anilines is 1. The van der Waals surface area contributed by atoms with Gasteiger partial charge in [0.2, 0.25) is 0 Å². The smallest absolute Gasteiger partial charge is 0.0998 e. The molecular formula is C29H21N5. The molecule has 1 N–H and O–H groups in total. The predicted octanol–water partition coefficient (Wildman–Crippen LogP) is 6.19. The highest BCUT2D eigenvalue weighted by molar-refractivity contribution is 5.98. The Morgan fingerprint density at radius 3 is 2.38 bits per heavy atom. The van der Waals surface area contributed by atoms with Crippen molar-refractivity contribution in [3.8, 4) is 23.3 Å². The fourth-order valence-corrected chi connectivity index (χ4v) is 4.31. The number of nitriles is 2. The highest BCUT2D eigenvalue weighted by Gasteiger charge is 2.19. The number of hydrogen-bond acceptors (Lipinski definition) is 4. The molecule has 5 nitrogen and oxygen atoms in total. The van der Waals surface area contributed by atoms with Gasteiger partial charge in [0.05, 0.1) is 47.5 Å². The number of hydrogen-bond donors (Lipinski definition) is 1. The molecule has 5 rings (SSSR count). The zero-order valence-corrected chi connectivity index (χ0v) is 18.6. The lowest BCUT2D eigenvalue weighted by Crippen LogP contribution is -2.15. The van der Waals surface area contributed by atoms with Crippen LogP contribution in [0, 0.1) is 22.7 Å². The second-order valence-electron chi connectivity index (χ2n) is 8.14. The van der Waals surface area contributed by atoms with E-state index >= 15 is 0 Å². The topological polar surface area (TPSA) is 77.4 Å². The van der Waals surface area contributed by atoms with Gasteiger partial charge < -0.3 is 9.88 Å². The van der Waals surface area contributed by atoms with Gasteiger partial charge in [-0.1, -0.05) is 54.6 Å². The zero-order valence-electron chi connectivity index (χ0n) is 18.6. The number of rotatable bonds is 5. The lowest BCUT2D eigenvalue weighted by molar-refractivity contribution is 0.778. The summed E-state index contributed by atoms with van der Waals surface area (Å²) < 4.78 is 1.98. The number of nitrogens with zero attached hydrogens (tertiary/aromatic N) is 4. The summed E-state index contributed by atoms with van der Waals surface area (Å²) in [7, 11) is 1.96. The van der Waals surface area contributed by atoms with E-state index < -0.39 is 0 Å². The first-order valence-electron chi connectivity index (χ1n) is 10.9. The van der Waals surface area contributed by atoms with Crippen LogP contribution in [0.4, 0.5) is 5.69 Å². The number of aromatic nitrogens is 2. The summed E-state index contributed by atoms with van der Waals surface area (Å²) in [4.78, 5) is 4.30. The van der Waals surface area contributed by atoms with E-state index in [2.05, 4.69) is 46.7 Å². The largest absolute Gasteiger partial charge is 0.373 e. The van der Waals surface area contributed by atoms with Gasteiger partial charge in [-0.3, -0.25) is 0 Å². The summed E-state index contributed by atoms with van der Waals surface area (Å²) in [5.74, 6) is 0. The first-order chi connectivity index (χ1) is 16.7. The Morgan fingerprint density at radius 2 is 1.65 bits per heavy atom. The van der Waals surface area contributed by atoms with Crippen molar-refractivity contribution in [2.45, 2.75) is 6.04 Å². The number of nitrogens with one attached hydrogen (secondary N) is 1. The maximum Gasteiger partial charge on any atom is 0.0998 e. The SMILES string of the molecule is Cn1cncc1C(Nc1ccc(C#N)c(-c2cccc3ccccc23)c1)c1ccc(C#N)cc1. The summed E-state index contributed by atoms with van der Waals surface area (Å²) in [6.45, 7) is 0. The van der Waals surface area contributed by atoms with Crippen LogP contribution < -0.4 is 5.32 Å². The third-order valence-corrected chi connectivity index (χ3v) is 6.05. The van der Waals surface area contributed by atoms with E-state index in [9.17, 15) is 10.5 Å². The van der Waals surface area contributed by atoms with E-state index in [1.54, 1.807) is 6.33 Å². The second-order valence-corrected chi connectivity index (χ2v) is 8.14. The molecular weight excluding hydrogens is 418 g/mol. The fraction of sp³-hybridized carbons (Fsp3) is 0.0690. The number of benzene rings is 4. The van der Waals surface area contributed by atoms with Crippen LogP contribution in [0.2, 0.25) is 0 Å². The summed E-state index contributed by atoms with van der Waals surface area (Å²) in [5, 5.41) is 24.9. The fourth-order valence-electron chi connectivity index (χ4n) is 4.31. The van der Waals surface area contributed by atoms with Crippen molar-refractivity contribution in [2.24, 2.45) is 7.05 Å². The number of imidazole rings is 1. The quantitative estimate of drug-likeness (QED) is 0.354. The molecule has 0 fully saturated rings. The minimum atomic E-state index is -0.187. The highest BCUT2D eigenvalue weighted by atomic mass is 15.1. The van der Waals surface area contributed by atoms with Crippen molar-refractivity contribution in [3.05, 3.63) is 120 Å². The van der Waals surface area contributed by atoms with Crippen LogP contribution in [0.5, 0.6) is 0 Å². The molecule has 0 aliphatic rings. The number of aryl methyl sites for hydroxylation is 1. The van der Waals surface area contributed by atoms with Crippen LogP contribution in [0.1, 0.15) is 28.4 Å². The van der Waals surface area contributed by atoms with Crippen LogP contribution in [0.25, 0.3) is 21.9 Å². The monoisotopic (exact) mass is 439 g/mol. The molecule has 0 bridgehead atoms. The molecule has 0 radical (unpaired) electrons. The molecule has 1 unspecified atom stereocenters. The van der Waals surface area contributed by atoms with E-state index in [-0.39, 0.29) is 6.04 Å². The lowest BCUT2D eigenvalue weighted by Gasteiger charge is -2.22.